The number of phenols is 4. The van der Waals surface area contributed by atoms with Gasteiger partial charge in [-0.15, -0.1) is 0 Å². The Hall–Kier alpha value is -3.71. The average Bonchev–Trinajstić information content (AvgIpc) is 2.71. The van der Waals surface area contributed by atoms with Crippen molar-refractivity contribution >= 4 is 11.0 Å². The first kappa shape index (κ1) is 23.0. The fourth-order valence-corrected chi connectivity index (χ4v) is 3.45. The van der Waals surface area contributed by atoms with Gasteiger partial charge in [-0.3, -0.25) is 4.79 Å². The summed E-state index contributed by atoms with van der Waals surface area (Å²) < 4.78 is 5.69. The Balaban J connectivity index is 2.37. The average molecular weight is 438 g/mol. The summed E-state index contributed by atoms with van der Waals surface area (Å²) >= 11 is 0. The maximum absolute atomic E-state index is 13.4. The van der Waals surface area contributed by atoms with Crippen LogP contribution in [0.15, 0.2) is 57.5 Å². The molecule has 7 heteroatoms. The van der Waals surface area contributed by atoms with Crippen molar-refractivity contribution in [2.24, 2.45) is 0 Å². The smallest absolute Gasteiger partial charge is 0.204 e. The zero-order valence-corrected chi connectivity index (χ0v) is 18.1. The third-order valence-electron chi connectivity index (χ3n) is 5.31. The second-order valence-corrected chi connectivity index (χ2v) is 8.09. The lowest BCUT2D eigenvalue weighted by atomic mass is 9.93. The summed E-state index contributed by atoms with van der Waals surface area (Å²) in [6, 6.07) is 3.75. The Morgan fingerprint density at radius 2 is 1.75 bits per heavy atom. The van der Waals surface area contributed by atoms with Gasteiger partial charge in [0.15, 0.2) is 0 Å². The SMILES string of the molecule is C=C(C)C(O)Cc1c(O)c(CC=C(C)C)c2occ(-c3ccc(O)cc3O)c(=O)c2c1O. The molecule has 3 rings (SSSR count). The third-order valence-corrected chi connectivity index (χ3v) is 5.31. The van der Waals surface area contributed by atoms with Gasteiger partial charge in [-0.2, -0.15) is 0 Å². The van der Waals surface area contributed by atoms with E-state index in [9.17, 15) is 30.3 Å². The molecule has 3 aromatic rings. The molecular formula is C25H26O7. The molecule has 1 unspecified atom stereocenters. The molecule has 32 heavy (non-hydrogen) atoms. The van der Waals surface area contributed by atoms with E-state index in [1.54, 1.807) is 6.92 Å². The first-order chi connectivity index (χ1) is 15.0. The van der Waals surface area contributed by atoms with Gasteiger partial charge in [-0.1, -0.05) is 23.8 Å². The van der Waals surface area contributed by atoms with Crippen LogP contribution in [0.2, 0.25) is 0 Å². The fourth-order valence-electron chi connectivity index (χ4n) is 3.45. The minimum Gasteiger partial charge on any atom is -0.508 e. The van der Waals surface area contributed by atoms with Crippen LogP contribution >= 0.6 is 0 Å². The number of phenolic OH excluding ortho intramolecular Hbond substituents is 4. The summed E-state index contributed by atoms with van der Waals surface area (Å²) in [5, 5.41) is 51.7. The predicted octanol–water partition coefficient (Wildman–Crippen LogP) is 4.27. The van der Waals surface area contributed by atoms with Crippen LogP contribution in [0.25, 0.3) is 22.1 Å². The Labute approximate surface area is 184 Å². The minimum atomic E-state index is -1.04. The van der Waals surface area contributed by atoms with Gasteiger partial charge in [0.2, 0.25) is 5.43 Å². The number of rotatable bonds is 6. The van der Waals surface area contributed by atoms with Crippen molar-refractivity contribution in [3.63, 3.8) is 0 Å². The number of fused-ring (bicyclic) bond motifs is 1. The van der Waals surface area contributed by atoms with Crippen molar-refractivity contribution < 1.29 is 29.9 Å². The molecule has 0 saturated carbocycles. The first-order valence-electron chi connectivity index (χ1n) is 10.0. The lowest BCUT2D eigenvalue weighted by molar-refractivity contribution is 0.209. The van der Waals surface area contributed by atoms with Gasteiger partial charge in [0.25, 0.3) is 0 Å². The van der Waals surface area contributed by atoms with Crippen LogP contribution in [0, 0.1) is 0 Å². The van der Waals surface area contributed by atoms with Gasteiger partial charge in [0, 0.05) is 29.2 Å². The van der Waals surface area contributed by atoms with E-state index >= 15 is 0 Å². The topological polar surface area (TPSA) is 131 Å². The molecule has 0 radical (unpaired) electrons. The molecule has 7 nitrogen and oxygen atoms in total. The zero-order valence-electron chi connectivity index (χ0n) is 18.1. The quantitative estimate of drug-likeness (QED) is 0.363. The molecule has 0 fully saturated rings. The number of allylic oxidation sites excluding steroid dienone is 2. The summed E-state index contributed by atoms with van der Waals surface area (Å²) in [5.74, 6) is -1.29. The highest BCUT2D eigenvalue weighted by Gasteiger charge is 2.26. The summed E-state index contributed by atoms with van der Waals surface area (Å²) in [7, 11) is 0. The Bertz CT molecular complexity index is 1290. The second-order valence-electron chi connectivity index (χ2n) is 8.09. The molecule has 1 atom stereocenters. The van der Waals surface area contributed by atoms with Crippen molar-refractivity contribution in [2.45, 2.75) is 39.7 Å². The number of hydrogen-bond donors (Lipinski definition) is 5. The number of aliphatic hydroxyl groups is 1. The molecule has 1 heterocycles. The van der Waals surface area contributed by atoms with Crippen LogP contribution in [-0.4, -0.2) is 31.6 Å². The predicted molar refractivity (Wildman–Crippen MR) is 122 cm³/mol. The summed E-state index contributed by atoms with van der Waals surface area (Å²) in [4.78, 5) is 13.4. The van der Waals surface area contributed by atoms with E-state index in [0.29, 0.717) is 11.1 Å². The van der Waals surface area contributed by atoms with E-state index < -0.39 is 17.3 Å². The van der Waals surface area contributed by atoms with E-state index in [-0.39, 0.29) is 57.7 Å². The normalized spacial score (nSPS) is 12.0. The van der Waals surface area contributed by atoms with Crippen molar-refractivity contribution in [1.82, 2.24) is 0 Å². The molecular weight excluding hydrogens is 412 g/mol. The van der Waals surface area contributed by atoms with Crippen LogP contribution in [0.5, 0.6) is 23.0 Å². The third kappa shape index (κ3) is 4.20. The summed E-state index contributed by atoms with van der Waals surface area (Å²) in [6.07, 6.45) is 2.01. The highest BCUT2D eigenvalue weighted by Crippen LogP contribution is 2.41. The van der Waals surface area contributed by atoms with Crippen LogP contribution < -0.4 is 5.43 Å². The summed E-state index contributed by atoms with van der Waals surface area (Å²) in [6.45, 7) is 9.07. The lowest BCUT2D eigenvalue weighted by Gasteiger charge is -2.17. The monoisotopic (exact) mass is 438 g/mol. The number of benzene rings is 2. The van der Waals surface area contributed by atoms with Crippen molar-refractivity contribution in [3.05, 3.63) is 69.6 Å². The maximum atomic E-state index is 13.4. The lowest BCUT2D eigenvalue weighted by Crippen LogP contribution is -2.14. The van der Waals surface area contributed by atoms with E-state index in [0.717, 1.165) is 17.9 Å². The van der Waals surface area contributed by atoms with E-state index in [4.69, 9.17) is 4.42 Å². The molecule has 0 aliphatic heterocycles. The van der Waals surface area contributed by atoms with Crippen LogP contribution in [-0.2, 0) is 12.8 Å². The molecule has 0 bridgehead atoms. The molecule has 0 saturated heterocycles. The fraction of sp³-hybridized carbons (Fsp3) is 0.240. The number of hydrogen-bond acceptors (Lipinski definition) is 7. The van der Waals surface area contributed by atoms with Gasteiger partial charge in [0.1, 0.15) is 40.2 Å². The van der Waals surface area contributed by atoms with Crippen LogP contribution in [0.1, 0.15) is 31.9 Å². The van der Waals surface area contributed by atoms with Crippen molar-refractivity contribution in [2.75, 3.05) is 0 Å². The van der Waals surface area contributed by atoms with Gasteiger partial charge in [-0.25, -0.2) is 0 Å². The van der Waals surface area contributed by atoms with E-state index in [2.05, 4.69) is 6.58 Å². The highest BCUT2D eigenvalue weighted by atomic mass is 16.3. The van der Waals surface area contributed by atoms with E-state index in [1.807, 2.05) is 19.9 Å². The van der Waals surface area contributed by atoms with Gasteiger partial charge >= 0.3 is 0 Å². The molecule has 0 aliphatic rings. The van der Waals surface area contributed by atoms with Gasteiger partial charge in [0.05, 0.1) is 11.7 Å². The molecule has 168 valence electrons. The standard InChI is InChI=1S/C25H26O7/c1-12(2)5-7-16-22(29)17(10-19(27)13(3)4)23(30)21-24(31)18(11-32-25(16)21)15-8-6-14(26)9-20(15)28/h5-6,8-9,11,19,26-30H,3,7,10H2,1-2,4H3. The molecule has 0 amide bonds. The molecule has 0 spiro atoms. The van der Waals surface area contributed by atoms with Crippen molar-refractivity contribution in [1.29, 1.82) is 0 Å². The summed E-state index contributed by atoms with van der Waals surface area (Å²) in [5.41, 5.74) is 1.17. The van der Waals surface area contributed by atoms with Crippen LogP contribution in [0.4, 0.5) is 0 Å². The van der Waals surface area contributed by atoms with Gasteiger partial charge in [-0.05, 0) is 39.3 Å². The maximum Gasteiger partial charge on any atom is 0.204 e. The van der Waals surface area contributed by atoms with Crippen molar-refractivity contribution in [3.8, 4) is 34.1 Å². The molecule has 2 aromatic carbocycles. The zero-order chi connectivity index (χ0) is 23.7. The Kier molecular flexibility index (Phi) is 6.32. The number of aromatic hydroxyl groups is 4. The largest absolute Gasteiger partial charge is 0.508 e. The van der Waals surface area contributed by atoms with E-state index in [1.165, 1.54) is 12.1 Å². The number of aliphatic hydroxyl groups excluding tert-OH is 1. The molecule has 1 aromatic heterocycles. The Morgan fingerprint density at radius 1 is 1.06 bits per heavy atom. The first-order valence-corrected chi connectivity index (χ1v) is 10.0. The molecule has 0 aliphatic carbocycles. The minimum absolute atomic E-state index is 0.00420. The van der Waals surface area contributed by atoms with Gasteiger partial charge < -0.3 is 29.9 Å². The van der Waals surface area contributed by atoms with Crippen LogP contribution in [0.3, 0.4) is 0 Å². The second kappa shape index (κ2) is 8.80. The Morgan fingerprint density at radius 3 is 2.34 bits per heavy atom. The highest BCUT2D eigenvalue weighted by molar-refractivity contribution is 5.93. The molecule has 5 N–H and O–H groups in total.